The highest BCUT2D eigenvalue weighted by Gasteiger charge is 2.19. The van der Waals surface area contributed by atoms with E-state index >= 15 is 0 Å². The summed E-state index contributed by atoms with van der Waals surface area (Å²) in [7, 11) is -1.87. The molecule has 0 fully saturated rings. The Balaban J connectivity index is 1.82. The van der Waals surface area contributed by atoms with Crippen molar-refractivity contribution in [2.24, 2.45) is 0 Å². The summed E-state index contributed by atoms with van der Waals surface area (Å²) in [5.74, 6) is -0.173. The number of aromatic nitrogens is 3. The fourth-order valence-corrected chi connectivity index (χ4v) is 4.03. The van der Waals surface area contributed by atoms with Gasteiger partial charge in [0.2, 0.25) is 15.8 Å². The standard InChI is InChI=1S/C19H16N4O3S2/c1-22(28(2,25)26)14-6-3-5-13(11-14)15-8-9-20-19-17(21-12-23(15)19)18(24)16-7-4-10-27-16/h3-12H,1-2H3. The van der Waals surface area contributed by atoms with Crippen LogP contribution in [0.1, 0.15) is 15.4 Å². The Hall–Kier alpha value is -3.04. The molecule has 1 aromatic carbocycles. The number of anilines is 1. The van der Waals surface area contributed by atoms with E-state index in [0.29, 0.717) is 16.2 Å². The lowest BCUT2D eigenvalue weighted by molar-refractivity contribution is 0.103. The lowest BCUT2D eigenvalue weighted by atomic mass is 10.1. The number of fused-ring (bicyclic) bond motifs is 1. The Labute approximate surface area is 166 Å². The van der Waals surface area contributed by atoms with Crippen molar-refractivity contribution in [3.63, 3.8) is 0 Å². The van der Waals surface area contributed by atoms with E-state index in [1.54, 1.807) is 47.3 Å². The summed E-state index contributed by atoms with van der Waals surface area (Å²) in [6, 6.07) is 12.5. The van der Waals surface area contributed by atoms with Gasteiger partial charge < -0.3 is 0 Å². The molecule has 3 heterocycles. The number of ketones is 1. The predicted molar refractivity (Wildman–Crippen MR) is 109 cm³/mol. The van der Waals surface area contributed by atoms with Crippen molar-refractivity contribution in [1.82, 2.24) is 14.4 Å². The highest BCUT2D eigenvalue weighted by Crippen LogP contribution is 2.27. The van der Waals surface area contributed by atoms with Gasteiger partial charge in [-0.1, -0.05) is 18.2 Å². The summed E-state index contributed by atoms with van der Waals surface area (Å²) in [5.41, 5.74) is 2.82. The highest BCUT2D eigenvalue weighted by molar-refractivity contribution is 7.92. The van der Waals surface area contributed by atoms with Gasteiger partial charge in [0.1, 0.15) is 6.33 Å². The number of carbonyl (C=O) groups is 1. The maximum absolute atomic E-state index is 12.7. The molecule has 0 saturated heterocycles. The molecule has 0 atom stereocenters. The van der Waals surface area contributed by atoms with Crippen LogP contribution in [0.2, 0.25) is 0 Å². The first kappa shape index (κ1) is 18.3. The van der Waals surface area contributed by atoms with E-state index in [-0.39, 0.29) is 11.5 Å². The molecule has 142 valence electrons. The molecule has 0 radical (unpaired) electrons. The Morgan fingerprint density at radius 2 is 1.96 bits per heavy atom. The normalized spacial score (nSPS) is 11.6. The van der Waals surface area contributed by atoms with Crippen molar-refractivity contribution in [3.05, 3.63) is 70.9 Å². The lowest BCUT2D eigenvalue weighted by Crippen LogP contribution is -2.24. The SMILES string of the molecule is CN(c1cccc(-c2ccnc3c(C(=O)c4cccs4)ncn23)c1)S(C)(=O)=O. The summed E-state index contributed by atoms with van der Waals surface area (Å²) in [6.07, 6.45) is 4.33. The van der Waals surface area contributed by atoms with Crippen LogP contribution >= 0.6 is 11.3 Å². The average molecular weight is 412 g/mol. The van der Waals surface area contributed by atoms with Crippen LogP contribution in [0.4, 0.5) is 5.69 Å². The van der Waals surface area contributed by atoms with Crippen LogP contribution in [-0.2, 0) is 10.0 Å². The molecular weight excluding hydrogens is 396 g/mol. The fraction of sp³-hybridized carbons (Fsp3) is 0.105. The molecule has 4 rings (SSSR count). The van der Waals surface area contributed by atoms with Crippen molar-refractivity contribution in [2.75, 3.05) is 17.6 Å². The van der Waals surface area contributed by atoms with Crippen molar-refractivity contribution in [1.29, 1.82) is 0 Å². The third-order valence-electron chi connectivity index (χ3n) is 4.39. The molecule has 0 aliphatic heterocycles. The largest absolute Gasteiger partial charge is 0.286 e. The van der Waals surface area contributed by atoms with Crippen LogP contribution in [0.25, 0.3) is 16.9 Å². The number of sulfonamides is 1. The lowest BCUT2D eigenvalue weighted by Gasteiger charge is -2.17. The fourth-order valence-electron chi connectivity index (χ4n) is 2.87. The zero-order chi connectivity index (χ0) is 19.9. The highest BCUT2D eigenvalue weighted by atomic mass is 32.2. The van der Waals surface area contributed by atoms with Gasteiger partial charge >= 0.3 is 0 Å². The van der Waals surface area contributed by atoms with Crippen molar-refractivity contribution in [2.45, 2.75) is 0 Å². The van der Waals surface area contributed by atoms with Gasteiger partial charge in [-0.15, -0.1) is 11.3 Å². The first-order valence-electron chi connectivity index (χ1n) is 8.31. The molecule has 7 nitrogen and oxygen atoms in total. The van der Waals surface area contributed by atoms with Gasteiger partial charge in [0.15, 0.2) is 11.3 Å². The second kappa shape index (κ2) is 6.84. The molecular formula is C19H16N4O3S2. The second-order valence-electron chi connectivity index (χ2n) is 6.20. The van der Waals surface area contributed by atoms with Crippen molar-refractivity contribution < 1.29 is 13.2 Å². The number of thiophene rings is 1. The number of imidazole rings is 1. The molecule has 28 heavy (non-hydrogen) atoms. The average Bonchev–Trinajstić information content (AvgIpc) is 3.36. The molecule has 0 unspecified atom stereocenters. The van der Waals surface area contributed by atoms with Gasteiger partial charge in [0.05, 0.1) is 22.5 Å². The molecule has 4 aromatic rings. The van der Waals surface area contributed by atoms with E-state index in [1.807, 2.05) is 17.5 Å². The number of hydrogen-bond acceptors (Lipinski definition) is 6. The quantitative estimate of drug-likeness (QED) is 0.470. The maximum Gasteiger partial charge on any atom is 0.231 e. The summed E-state index contributed by atoms with van der Waals surface area (Å²) in [6.45, 7) is 0. The zero-order valence-corrected chi connectivity index (χ0v) is 16.7. The van der Waals surface area contributed by atoms with Crippen LogP contribution in [0.15, 0.2) is 60.4 Å². The van der Waals surface area contributed by atoms with Crippen LogP contribution < -0.4 is 4.31 Å². The van der Waals surface area contributed by atoms with Gasteiger partial charge in [0.25, 0.3) is 0 Å². The molecule has 0 aliphatic carbocycles. The Kier molecular flexibility index (Phi) is 4.48. The Morgan fingerprint density at radius 3 is 2.68 bits per heavy atom. The van der Waals surface area contributed by atoms with Crippen LogP contribution in [-0.4, -0.2) is 41.9 Å². The summed E-state index contributed by atoms with van der Waals surface area (Å²) < 4.78 is 26.6. The zero-order valence-electron chi connectivity index (χ0n) is 15.1. The first-order valence-corrected chi connectivity index (χ1v) is 11.0. The molecule has 0 bridgehead atoms. The minimum Gasteiger partial charge on any atom is -0.286 e. The number of benzene rings is 1. The number of hydrogen-bond donors (Lipinski definition) is 0. The molecule has 9 heteroatoms. The summed E-state index contributed by atoms with van der Waals surface area (Å²) in [5, 5.41) is 1.84. The molecule has 3 aromatic heterocycles. The third kappa shape index (κ3) is 3.19. The van der Waals surface area contributed by atoms with E-state index < -0.39 is 10.0 Å². The van der Waals surface area contributed by atoms with E-state index in [0.717, 1.165) is 17.5 Å². The Bertz CT molecular complexity index is 1280. The predicted octanol–water partition coefficient (Wildman–Crippen LogP) is 3.08. The maximum atomic E-state index is 12.7. The summed E-state index contributed by atoms with van der Waals surface area (Å²) in [4.78, 5) is 21.9. The molecule has 0 aliphatic rings. The molecule has 0 spiro atoms. The smallest absolute Gasteiger partial charge is 0.231 e. The van der Waals surface area contributed by atoms with Gasteiger partial charge in [-0.2, -0.15) is 0 Å². The first-order chi connectivity index (χ1) is 13.4. The minimum absolute atomic E-state index is 0.173. The molecule has 0 N–H and O–H groups in total. The van der Waals surface area contributed by atoms with E-state index in [9.17, 15) is 13.2 Å². The van der Waals surface area contributed by atoms with Gasteiger partial charge in [-0.3, -0.25) is 13.5 Å². The summed E-state index contributed by atoms with van der Waals surface area (Å²) >= 11 is 1.36. The van der Waals surface area contributed by atoms with Crippen molar-refractivity contribution in [3.8, 4) is 11.3 Å². The van der Waals surface area contributed by atoms with Crippen LogP contribution in [0, 0.1) is 0 Å². The minimum atomic E-state index is -3.37. The topological polar surface area (TPSA) is 84.6 Å². The van der Waals surface area contributed by atoms with Crippen molar-refractivity contribution >= 4 is 38.5 Å². The van der Waals surface area contributed by atoms with Crippen LogP contribution in [0.5, 0.6) is 0 Å². The third-order valence-corrected chi connectivity index (χ3v) is 6.47. The van der Waals surface area contributed by atoms with E-state index in [1.165, 1.54) is 22.7 Å². The second-order valence-corrected chi connectivity index (χ2v) is 9.17. The monoisotopic (exact) mass is 412 g/mol. The van der Waals surface area contributed by atoms with Gasteiger partial charge in [-0.05, 0) is 29.6 Å². The van der Waals surface area contributed by atoms with Gasteiger partial charge in [0, 0.05) is 18.8 Å². The van der Waals surface area contributed by atoms with E-state index in [4.69, 9.17) is 0 Å². The number of rotatable bonds is 5. The van der Waals surface area contributed by atoms with E-state index in [2.05, 4.69) is 9.97 Å². The number of carbonyl (C=O) groups excluding carboxylic acids is 1. The molecule has 0 amide bonds. The molecule has 0 saturated carbocycles. The Morgan fingerprint density at radius 1 is 1.14 bits per heavy atom. The van der Waals surface area contributed by atoms with Crippen LogP contribution in [0.3, 0.4) is 0 Å². The number of nitrogens with zero attached hydrogens (tertiary/aromatic N) is 4. The van der Waals surface area contributed by atoms with Gasteiger partial charge in [-0.25, -0.2) is 18.4 Å².